The lowest BCUT2D eigenvalue weighted by Crippen LogP contribution is -2.21. The maximum Gasteiger partial charge on any atom is 0.306 e. The number of benzene rings is 1. The van der Waals surface area contributed by atoms with E-state index in [2.05, 4.69) is 17.0 Å². The van der Waals surface area contributed by atoms with E-state index in [1.54, 1.807) is 14.0 Å². The summed E-state index contributed by atoms with van der Waals surface area (Å²) in [5, 5.41) is 8.96. The molecule has 104 valence electrons. The molecule has 4 nitrogen and oxygen atoms in total. The first-order valence-corrected chi connectivity index (χ1v) is 6.72. The van der Waals surface area contributed by atoms with E-state index in [1.807, 2.05) is 12.1 Å². The first kappa shape index (κ1) is 13.7. The van der Waals surface area contributed by atoms with Gasteiger partial charge in [0.15, 0.2) is 0 Å². The third-order valence-electron chi connectivity index (χ3n) is 3.83. The Bertz CT molecular complexity index is 430. The van der Waals surface area contributed by atoms with Gasteiger partial charge in [-0.25, -0.2) is 0 Å². The lowest BCUT2D eigenvalue weighted by Gasteiger charge is -2.19. The van der Waals surface area contributed by atoms with Crippen molar-refractivity contribution >= 4 is 11.7 Å². The summed E-state index contributed by atoms with van der Waals surface area (Å²) in [5.41, 5.74) is 1.19. The summed E-state index contributed by atoms with van der Waals surface area (Å²) in [4.78, 5) is 13.2. The molecule has 1 N–H and O–H groups in total. The zero-order valence-corrected chi connectivity index (χ0v) is 11.5. The Kier molecular flexibility index (Phi) is 4.30. The Morgan fingerprint density at radius 1 is 1.47 bits per heavy atom. The van der Waals surface area contributed by atoms with Gasteiger partial charge in [0.2, 0.25) is 0 Å². The van der Waals surface area contributed by atoms with E-state index in [-0.39, 0.29) is 5.92 Å². The quantitative estimate of drug-likeness (QED) is 0.887. The number of rotatable bonds is 5. The number of carboxylic acids is 1. The third-order valence-corrected chi connectivity index (χ3v) is 3.83. The van der Waals surface area contributed by atoms with Crippen molar-refractivity contribution in [3.05, 3.63) is 24.3 Å². The van der Waals surface area contributed by atoms with Gasteiger partial charge in [-0.15, -0.1) is 0 Å². The topological polar surface area (TPSA) is 49.8 Å². The van der Waals surface area contributed by atoms with E-state index in [4.69, 9.17) is 9.84 Å². The van der Waals surface area contributed by atoms with Gasteiger partial charge in [0.05, 0.1) is 13.0 Å². The molecule has 1 aromatic carbocycles. The van der Waals surface area contributed by atoms with Crippen LogP contribution < -0.4 is 9.64 Å². The van der Waals surface area contributed by atoms with Crippen LogP contribution in [0.5, 0.6) is 5.75 Å². The lowest BCUT2D eigenvalue weighted by atomic mass is 9.95. The van der Waals surface area contributed by atoms with Crippen molar-refractivity contribution in [2.24, 2.45) is 11.8 Å². The summed E-state index contributed by atoms with van der Waals surface area (Å²) in [5.74, 6) is 0.399. The van der Waals surface area contributed by atoms with Crippen molar-refractivity contribution < 1.29 is 14.6 Å². The van der Waals surface area contributed by atoms with Crippen molar-refractivity contribution in [3.8, 4) is 5.75 Å². The third kappa shape index (κ3) is 3.40. The van der Waals surface area contributed by atoms with Crippen LogP contribution in [0.15, 0.2) is 24.3 Å². The molecule has 0 aliphatic carbocycles. The van der Waals surface area contributed by atoms with Gasteiger partial charge in [-0.2, -0.15) is 0 Å². The first-order chi connectivity index (χ1) is 9.10. The van der Waals surface area contributed by atoms with E-state index in [0.29, 0.717) is 5.92 Å². The average Bonchev–Trinajstić information content (AvgIpc) is 2.87. The number of carbonyl (C=O) groups is 1. The maximum absolute atomic E-state index is 10.9. The monoisotopic (exact) mass is 263 g/mol. The van der Waals surface area contributed by atoms with Gasteiger partial charge in [0.1, 0.15) is 5.75 Å². The smallest absolute Gasteiger partial charge is 0.306 e. The second kappa shape index (κ2) is 5.95. The highest BCUT2D eigenvalue weighted by molar-refractivity contribution is 5.69. The van der Waals surface area contributed by atoms with Crippen LogP contribution in [-0.2, 0) is 4.79 Å². The summed E-state index contributed by atoms with van der Waals surface area (Å²) in [6.45, 7) is 3.74. The number of aliphatic carboxylic acids is 1. The molecule has 2 rings (SSSR count). The summed E-state index contributed by atoms with van der Waals surface area (Å²) < 4.78 is 5.15. The Morgan fingerprint density at radius 2 is 2.16 bits per heavy atom. The van der Waals surface area contributed by atoms with Crippen molar-refractivity contribution in [2.75, 3.05) is 25.1 Å². The Hall–Kier alpha value is -1.71. The fourth-order valence-electron chi connectivity index (χ4n) is 2.65. The number of anilines is 1. The Labute approximate surface area is 114 Å². The SMILES string of the molecule is COc1ccc(N2CCC(CC(C)C(=O)O)C2)cc1. The van der Waals surface area contributed by atoms with Gasteiger partial charge < -0.3 is 14.7 Å². The number of carboxylic acid groups (broad SMARTS) is 1. The number of ether oxygens (including phenoxy) is 1. The molecule has 1 aliphatic heterocycles. The van der Waals surface area contributed by atoms with Crippen molar-refractivity contribution in [2.45, 2.75) is 19.8 Å². The highest BCUT2D eigenvalue weighted by atomic mass is 16.5. The molecular weight excluding hydrogens is 242 g/mol. The molecule has 0 saturated carbocycles. The molecule has 19 heavy (non-hydrogen) atoms. The van der Waals surface area contributed by atoms with Crippen LogP contribution >= 0.6 is 0 Å². The predicted molar refractivity (Wildman–Crippen MR) is 74.7 cm³/mol. The minimum absolute atomic E-state index is 0.249. The van der Waals surface area contributed by atoms with Crippen molar-refractivity contribution in [1.82, 2.24) is 0 Å². The standard InChI is InChI=1S/C15H21NO3/c1-11(15(17)18)9-12-7-8-16(10-12)13-3-5-14(19-2)6-4-13/h3-6,11-12H,7-10H2,1-2H3,(H,17,18). The highest BCUT2D eigenvalue weighted by Gasteiger charge is 2.26. The summed E-state index contributed by atoms with van der Waals surface area (Å²) in [6, 6.07) is 8.04. The molecule has 0 aromatic heterocycles. The van der Waals surface area contributed by atoms with E-state index >= 15 is 0 Å². The molecule has 1 heterocycles. The molecule has 2 atom stereocenters. The maximum atomic E-state index is 10.9. The van der Waals surface area contributed by atoms with Gasteiger partial charge in [-0.3, -0.25) is 4.79 Å². The molecule has 0 spiro atoms. The normalized spacial score (nSPS) is 20.3. The number of methoxy groups -OCH3 is 1. The Balaban J connectivity index is 1.92. The van der Waals surface area contributed by atoms with Gasteiger partial charge in [-0.1, -0.05) is 6.92 Å². The molecule has 0 radical (unpaired) electrons. The lowest BCUT2D eigenvalue weighted by molar-refractivity contribution is -0.141. The molecule has 1 fully saturated rings. The number of hydrogen-bond acceptors (Lipinski definition) is 3. The molecule has 2 unspecified atom stereocenters. The van der Waals surface area contributed by atoms with Crippen LogP contribution in [0.1, 0.15) is 19.8 Å². The van der Waals surface area contributed by atoms with Crippen molar-refractivity contribution in [3.63, 3.8) is 0 Å². The molecule has 4 heteroatoms. The van der Waals surface area contributed by atoms with Crippen LogP contribution in [0.2, 0.25) is 0 Å². The number of hydrogen-bond donors (Lipinski definition) is 1. The second-order valence-electron chi connectivity index (χ2n) is 5.27. The van der Waals surface area contributed by atoms with Crippen molar-refractivity contribution in [1.29, 1.82) is 0 Å². The van der Waals surface area contributed by atoms with Gasteiger partial charge in [-0.05, 0) is 43.0 Å². The average molecular weight is 263 g/mol. The van der Waals surface area contributed by atoms with Crippen LogP contribution in [0.4, 0.5) is 5.69 Å². The van der Waals surface area contributed by atoms with Crippen LogP contribution in [-0.4, -0.2) is 31.3 Å². The van der Waals surface area contributed by atoms with E-state index in [9.17, 15) is 4.79 Å². The van der Waals surface area contributed by atoms with Crippen LogP contribution in [0.25, 0.3) is 0 Å². The summed E-state index contributed by atoms with van der Waals surface area (Å²) in [7, 11) is 1.66. The predicted octanol–water partition coefficient (Wildman–Crippen LogP) is 2.63. The molecular formula is C15H21NO3. The highest BCUT2D eigenvalue weighted by Crippen LogP contribution is 2.28. The second-order valence-corrected chi connectivity index (χ2v) is 5.27. The van der Waals surface area contributed by atoms with E-state index < -0.39 is 5.97 Å². The summed E-state index contributed by atoms with van der Waals surface area (Å²) >= 11 is 0. The fourth-order valence-corrected chi connectivity index (χ4v) is 2.65. The number of nitrogens with zero attached hydrogens (tertiary/aromatic N) is 1. The minimum Gasteiger partial charge on any atom is -0.497 e. The van der Waals surface area contributed by atoms with Gasteiger partial charge in [0, 0.05) is 18.8 Å². The molecule has 0 amide bonds. The summed E-state index contributed by atoms with van der Waals surface area (Å²) in [6.07, 6.45) is 1.84. The molecule has 1 saturated heterocycles. The van der Waals surface area contributed by atoms with Crippen LogP contribution in [0, 0.1) is 11.8 Å². The molecule has 1 aromatic rings. The molecule has 1 aliphatic rings. The van der Waals surface area contributed by atoms with Crippen LogP contribution in [0.3, 0.4) is 0 Å². The Morgan fingerprint density at radius 3 is 2.74 bits per heavy atom. The largest absolute Gasteiger partial charge is 0.497 e. The van der Waals surface area contributed by atoms with Gasteiger partial charge in [0.25, 0.3) is 0 Å². The first-order valence-electron chi connectivity index (χ1n) is 6.72. The van der Waals surface area contributed by atoms with E-state index in [1.165, 1.54) is 5.69 Å². The minimum atomic E-state index is -0.692. The van der Waals surface area contributed by atoms with E-state index in [0.717, 1.165) is 31.7 Å². The molecule has 0 bridgehead atoms. The zero-order chi connectivity index (χ0) is 13.8. The zero-order valence-electron chi connectivity index (χ0n) is 11.5. The fraction of sp³-hybridized carbons (Fsp3) is 0.533. The van der Waals surface area contributed by atoms with Gasteiger partial charge >= 0.3 is 5.97 Å².